The third-order valence-electron chi connectivity index (χ3n) is 4.20. The maximum absolute atomic E-state index is 12.4. The predicted octanol–water partition coefficient (Wildman–Crippen LogP) is 3.24. The van der Waals surface area contributed by atoms with Gasteiger partial charge < -0.3 is 14.2 Å². The van der Waals surface area contributed by atoms with E-state index in [0.717, 1.165) is 22.7 Å². The number of hydrogen-bond acceptors (Lipinski definition) is 5. The number of benzene rings is 2. The Morgan fingerprint density at radius 2 is 1.81 bits per heavy atom. The highest BCUT2D eigenvalue weighted by molar-refractivity contribution is 7.99. The minimum absolute atomic E-state index is 0.0536. The summed E-state index contributed by atoms with van der Waals surface area (Å²) in [6.07, 6.45) is 0. The molecular weight excluding hydrogens is 360 g/mol. The quantitative estimate of drug-likeness (QED) is 0.587. The summed E-state index contributed by atoms with van der Waals surface area (Å²) in [6.45, 7) is 0.593. The Bertz CT molecular complexity index is 894. The molecule has 0 N–H and O–H groups in total. The minimum atomic E-state index is 0.0536. The van der Waals surface area contributed by atoms with Crippen LogP contribution in [-0.2, 0) is 18.4 Å². The summed E-state index contributed by atoms with van der Waals surface area (Å²) >= 11 is 1.39. The van der Waals surface area contributed by atoms with Crippen LogP contribution in [0.2, 0.25) is 0 Å². The summed E-state index contributed by atoms with van der Waals surface area (Å²) in [6, 6.07) is 17.6. The van der Waals surface area contributed by atoms with Crippen LogP contribution >= 0.6 is 11.8 Å². The van der Waals surface area contributed by atoms with Gasteiger partial charge in [0.25, 0.3) is 0 Å². The van der Waals surface area contributed by atoms with Gasteiger partial charge >= 0.3 is 0 Å². The summed E-state index contributed by atoms with van der Waals surface area (Å²) in [7, 11) is 5.35. The molecule has 0 atom stereocenters. The Labute approximate surface area is 163 Å². The van der Waals surface area contributed by atoms with Crippen molar-refractivity contribution in [2.75, 3.05) is 19.9 Å². The van der Waals surface area contributed by atoms with Crippen molar-refractivity contribution in [3.8, 4) is 17.1 Å². The van der Waals surface area contributed by atoms with Crippen LogP contribution in [0.4, 0.5) is 0 Å². The first-order valence-electron chi connectivity index (χ1n) is 8.53. The second-order valence-corrected chi connectivity index (χ2v) is 7.06. The molecule has 0 spiro atoms. The highest BCUT2D eigenvalue weighted by atomic mass is 32.2. The normalized spacial score (nSPS) is 10.6. The Kier molecular flexibility index (Phi) is 6.13. The zero-order chi connectivity index (χ0) is 19.2. The van der Waals surface area contributed by atoms with Gasteiger partial charge in [-0.25, -0.2) is 0 Å². The fraction of sp³-hybridized carbons (Fsp3) is 0.250. The zero-order valence-electron chi connectivity index (χ0n) is 15.6. The molecule has 3 rings (SSSR count). The molecule has 6 nitrogen and oxygen atoms in total. The first kappa shape index (κ1) is 19.0. The highest BCUT2D eigenvalue weighted by Crippen LogP contribution is 2.24. The summed E-state index contributed by atoms with van der Waals surface area (Å²) in [5.41, 5.74) is 2.06. The van der Waals surface area contributed by atoms with E-state index in [1.54, 1.807) is 12.0 Å². The SMILES string of the molecule is COc1ccc(-c2nnc(SCC(=O)N(C)Cc3ccccc3)n2C)cc1. The van der Waals surface area contributed by atoms with Crippen molar-refractivity contribution in [2.24, 2.45) is 7.05 Å². The van der Waals surface area contributed by atoms with Gasteiger partial charge in [-0.3, -0.25) is 4.79 Å². The van der Waals surface area contributed by atoms with E-state index in [0.29, 0.717) is 17.5 Å². The number of carbonyl (C=O) groups is 1. The molecule has 0 saturated carbocycles. The number of hydrogen-bond donors (Lipinski definition) is 0. The number of amides is 1. The van der Waals surface area contributed by atoms with Crippen molar-refractivity contribution in [3.63, 3.8) is 0 Å². The molecule has 0 fully saturated rings. The molecule has 0 radical (unpaired) electrons. The number of ether oxygens (including phenoxy) is 1. The van der Waals surface area contributed by atoms with Gasteiger partial charge in [-0.2, -0.15) is 0 Å². The molecule has 0 bridgehead atoms. The smallest absolute Gasteiger partial charge is 0.233 e. The zero-order valence-corrected chi connectivity index (χ0v) is 16.4. The molecular formula is C20H22N4O2S. The van der Waals surface area contributed by atoms with E-state index >= 15 is 0 Å². The number of thioether (sulfide) groups is 1. The van der Waals surface area contributed by atoms with Crippen LogP contribution in [0.1, 0.15) is 5.56 Å². The third kappa shape index (κ3) is 4.68. The van der Waals surface area contributed by atoms with Crippen molar-refractivity contribution < 1.29 is 9.53 Å². The minimum Gasteiger partial charge on any atom is -0.497 e. The first-order valence-corrected chi connectivity index (χ1v) is 9.51. The Morgan fingerprint density at radius 1 is 1.11 bits per heavy atom. The molecule has 0 aliphatic rings. The fourth-order valence-corrected chi connectivity index (χ4v) is 3.47. The Balaban J connectivity index is 1.61. The van der Waals surface area contributed by atoms with Gasteiger partial charge in [0.05, 0.1) is 12.9 Å². The van der Waals surface area contributed by atoms with Gasteiger partial charge in [0.15, 0.2) is 11.0 Å². The summed E-state index contributed by atoms with van der Waals surface area (Å²) in [5, 5.41) is 9.19. The maximum atomic E-state index is 12.4. The fourth-order valence-electron chi connectivity index (χ4n) is 2.61. The van der Waals surface area contributed by atoms with Gasteiger partial charge in [0, 0.05) is 26.2 Å². The highest BCUT2D eigenvalue weighted by Gasteiger charge is 2.15. The van der Waals surface area contributed by atoms with E-state index in [1.165, 1.54) is 11.8 Å². The molecule has 1 amide bonds. The topological polar surface area (TPSA) is 60.3 Å². The van der Waals surface area contributed by atoms with Crippen LogP contribution in [-0.4, -0.2) is 45.5 Å². The molecule has 1 heterocycles. The van der Waals surface area contributed by atoms with Crippen molar-refractivity contribution >= 4 is 17.7 Å². The van der Waals surface area contributed by atoms with Crippen molar-refractivity contribution in [3.05, 3.63) is 60.2 Å². The Morgan fingerprint density at radius 3 is 2.48 bits per heavy atom. The molecule has 2 aromatic carbocycles. The lowest BCUT2D eigenvalue weighted by Gasteiger charge is -2.16. The predicted molar refractivity (Wildman–Crippen MR) is 107 cm³/mol. The van der Waals surface area contributed by atoms with Crippen molar-refractivity contribution in [1.82, 2.24) is 19.7 Å². The van der Waals surface area contributed by atoms with E-state index < -0.39 is 0 Å². The number of aromatic nitrogens is 3. The van der Waals surface area contributed by atoms with Gasteiger partial charge in [0.2, 0.25) is 5.91 Å². The summed E-state index contributed by atoms with van der Waals surface area (Å²) < 4.78 is 7.08. The monoisotopic (exact) mass is 382 g/mol. The summed E-state index contributed by atoms with van der Waals surface area (Å²) in [5.74, 6) is 1.92. The Hall–Kier alpha value is -2.80. The van der Waals surface area contributed by atoms with E-state index in [-0.39, 0.29) is 5.91 Å². The van der Waals surface area contributed by atoms with Crippen LogP contribution < -0.4 is 4.74 Å². The lowest BCUT2D eigenvalue weighted by Crippen LogP contribution is -2.27. The van der Waals surface area contributed by atoms with Gasteiger partial charge in [0.1, 0.15) is 5.75 Å². The molecule has 0 saturated heterocycles. The average molecular weight is 382 g/mol. The molecule has 27 heavy (non-hydrogen) atoms. The molecule has 0 unspecified atom stereocenters. The standard InChI is InChI=1S/C20H22N4O2S/c1-23(13-15-7-5-4-6-8-15)18(25)14-27-20-22-21-19(24(20)2)16-9-11-17(26-3)12-10-16/h4-12H,13-14H2,1-3H3. The number of carbonyl (C=O) groups excluding carboxylic acids is 1. The van der Waals surface area contributed by atoms with E-state index in [9.17, 15) is 4.79 Å². The van der Waals surface area contributed by atoms with E-state index in [2.05, 4.69) is 10.2 Å². The molecule has 140 valence electrons. The van der Waals surface area contributed by atoms with E-state index in [1.807, 2.05) is 73.3 Å². The molecule has 0 aliphatic carbocycles. The molecule has 7 heteroatoms. The van der Waals surface area contributed by atoms with Crippen LogP contribution in [0.15, 0.2) is 59.8 Å². The average Bonchev–Trinajstić information content (AvgIpc) is 3.07. The van der Waals surface area contributed by atoms with Crippen LogP contribution in [0.5, 0.6) is 5.75 Å². The first-order chi connectivity index (χ1) is 13.1. The number of rotatable bonds is 7. The van der Waals surface area contributed by atoms with Gasteiger partial charge in [-0.15, -0.1) is 10.2 Å². The van der Waals surface area contributed by atoms with Crippen LogP contribution in [0, 0.1) is 0 Å². The second-order valence-electron chi connectivity index (χ2n) is 6.12. The third-order valence-corrected chi connectivity index (χ3v) is 5.20. The van der Waals surface area contributed by atoms with Crippen molar-refractivity contribution in [1.29, 1.82) is 0 Å². The van der Waals surface area contributed by atoms with Crippen LogP contribution in [0.25, 0.3) is 11.4 Å². The molecule has 0 aliphatic heterocycles. The lowest BCUT2D eigenvalue weighted by atomic mass is 10.2. The number of methoxy groups -OCH3 is 1. The molecule has 3 aromatic rings. The lowest BCUT2D eigenvalue weighted by molar-refractivity contribution is -0.127. The maximum Gasteiger partial charge on any atom is 0.233 e. The number of nitrogens with zero attached hydrogens (tertiary/aromatic N) is 4. The van der Waals surface area contributed by atoms with E-state index in [4.69, 9.17) is 4.74 Å². The van der Waals surface area contributed by atoms with Crippen LogP contribution in [0.3, 0.4) is 0 Å². The second kappa shape index (κ2) is 8.73. The van der Waals surface area contributed by atoms with Gasteiger partial charge in [-0.1, -0.05) is 42.1 Å². The summed E-state index contributed by atoms with van der Waals surface area (Å²) in [4.78, 5) is 14.1. The molecule has 1 aromatic heterocycles. The van der Waals surface area contributed by atoms with Crippen molar-refractivity contribution in [2.45, 2.75) is 11.7 Å². The van der Waals surface area contributed by atoms with Gasteiger partial charge in [-0.05, 0) is 29.8 Å². The largest absolute Gasteiger partial charge is 0.497 e.